The molecule has 1 aliphatic heterocycles. The van der Waals surface area contributed by atoms with Crippen molar-refractivity contribution in [3.05, 3.63) is 29.6 Å². The first-order valence-corrected chi connectivity index (χ1v) is 4.69. The molecule has 0 spiro atoms. The highest BCUT2D eigenvalue weighted by Gasteiger charge is 2.19. The molecule has 2 heterocycles. The zero-order chi connectivity index (χ0) is 9.97. The maximum atomic E-state index is 11.3. The summed E-state index contributed by atoms with van der Waals surface area (Å²) in [5.41, 5.74) is 2.30. The number of carbonyl (C=O) groups is 1. The van der Waals surface area contributed by atoms with Crippen molar-refractivity contribution in [3.8, 4) is 0 Å². The first-order chi connectivity index (χ1) is 6.77. The van der Waals surface area contributed by atoms with Gasteiger partial charge in [-0.25, -0.2) is 4.79 Å². The van der Waals surface area contributed by atoms with Gasteiger partial charge < -0.3 is 10.2 Å². The summed E-state index contributed by atoms with van der Waals surface area (Å²) in [6.45, 7) is 4.24. The number of rotatable bonds is 2. The Morgan fingerprint density at radius 1 is 1.64 bits per heavy atom. The van der Waals surface area contributed by atoms with Gasteiger partial charge in [0.05, 0.1) is 0 Å². The lowest BCUT2D eigenvalue weighted by Crippen LogP contribution is -2.27. The van der Waals surface area contributed by atoms with E-state index in [0.717, 1.165) is 24.2 Å². The Morgan fingerprint density at radius 2 is 2.50 bits per heavy atom. The summed E-state index contributed by atoms with van der Waals surface area (Å²) in [5, 5.41) is 2.78. The average Bonchev–Trinajstić information content (AvgIpc) is 2.56. The zero-order valence-corrected chi connectivity index (χ0v) is 8.16. The number of pyridine rings is 1. The highest BCUT2D eigenvalue weighted by atomic mass is 16.2. The molecule has 74 valence electrons. The predicted octanol–water partition coefficient (Wildman–Crippen LogP) is 0.915. The molecule has 0 saturated carbocycles. The summed E-state index contributed by atoms with van der Waals surface area (Å²) in [7, 11) is 0. The summed E-state index contributed by atoms with van der Waals surface area (Å²) < 4.78 is 0. The van der Waals surface area contributed by atoms with Crippen molar-refractivity contribution in [2.24, 2.45) is 0 Å². The number of nitrogens with zero attached hydrogens (tertiary/aromatic N) is 2. The van der Waals surface area contributed by atoms with Crippen LogP contribution >= 0.6 is 0 Å². The molecular formula is C10H13N3O. The maximum Gasteiger partial charge on any atom is 0.317 e. The molecular weight excluding hydrogens is 178 g/mol. The van der Waals surface area contributed by atoms with E-state index in [9.17, 15) is 4.79 Å². The van der Waals surface area contributed by atoms with Gasteiger partial charge in [-0.15, -0.1) is 0 Å². The topological polar surface area (TPSA) is 45.2 Å². The van der Waals surface area contributed by atoms with Crippen molar-refractivity contribution in [2.45, 2.75) is 13.5 Å². The summed E-state index contributed by atoms with van der Waals surface area (Å²) in [6.07, 6.45) is 3.58. The summed E-state index contributed by atoms with van der Waals surface area (Å²) in [4.78, 5) is 17.1. The van der Waals surface area contributed by atoms with E-state index in [2.05, 4.69) is 10.3 Å². The van der Waals surface area contributed by atoms with Gasteiger partial charge in [0, 0.05) is 32.0 Å². The second-order valence-electron chi connectivity index (χ2n) is 3.46. The van der Waals surface area contributed by atoms with E-state index in [-0.39, 0.29) is 6.03 Å². The molecule has 0 aromatic carbocycles. The Hall–Kier alpha value is -1.58. The van der Waals surface area contributed by atoms with Gasteiger partial charge in [-0.05, 0) is 24.1 Å². The van der Waals surface area contributed by atoms with E-state index in [1.165, 1.54) is 0 Å². The summed E-state index contributed by atoms with van der Waals surface area (Å²) in [5.74, 6) is 0. The molecule has 0 unspecified atom stereocenters. The van der Waals surface area contributed by atoms with Gasteiger partial charge in [0.2, 0.25) is 0 Å². The number of hydrogen-bond donors (Lipinski definition) is 1. The molecule has 1 aromatic heterocycles. The van der Waals surface area contributed by atoms with Crippen LogP contribution in [0.15, 0.2) is 18.5 Å². The molecule has 2 rings (SSSR count). The van der Waals surface area contributed by atoms with Gasteiger partial charge in [0.15, 0.2) is 0 Å². The fourth-order valence-corrected chi connectivity index (χ4v) is 1.55. The molecule has 2 amide bonds. The van der Waals surface area contributed by atoms with Crippen LogP contribution in [-0.2, 0) is 6.54 Å². The minimum absolute atomic E-state index is 0.0289. The molecule has 1 aliphatic rings. The van der Waals surface area contributed by atoms with Crippen molar-refractivity contribution >= 4 is 6.03 Å². The largest absolute Gasteiger partial charge is 0.336 e. The molecule has 4 heteroatoms. The van der Waals surface area contributed by atoms with Gasteiger partial charge in [-0.3, -0.25) is 4.98 Å². The lowest BCUT2D eigenvalue weighted by molar-refractivity contribution is 0.215. The van der Waals surface area contributed by atoms with Crippen LogP contribution in [-0.4, -0.2) is 29.0 Å². The van der Waals surface area contributed by atoms with Crippen molar-refractivity contribution in [1.29, 1.82) is 0 Å². The minimum atomic E-state index is 0.0289. The van der Waals surface area contributed by atoms with Crippen LogP contribution in [0.25, 0.3) is 0 Å². The van der Waals surface area contributed by atoms with Crippen LogP contribution in [0.4, 0.5) is 4.79 Å². The van der Waals surface area contributed by atoms with Crippen LogP contribution in [0.1, 0.15) is 11.1 Å². The second-order valence-corrected chi connectivity index (χ2v) is 3.46. The molecule has 1 saturated heterocycles. The number of amides is 2. The van der Waals surface area contributed by atoms with Gasteiger partial charge in [-0.2, -0.15) is 0 Å². The average molecular weight is 191 g/mol. The minimum Gasteiger partial charge on any atom is -0.336 e. The van der Waals surface area contributed by atoms with Crippen LogP contribution in [0.5, 0.6) is 0 Å². The number of carbonyl (C=O) groups excluding carboxylic acids is 1. The van der Waals surface area contributed by atoms with E-state index in [0.29, 0.717) is 6.54 Å². The number of aromatic nitrogens is 1. The fourth-order valence-electron chi connectivity index (χ4n) is 1.55. The maximum absolute atomic E-state index is 11.3. The van der Waals surface area contributed by atoms with E-state index in [1.54, 1.807) is 6.20 Å². The quantitative estimate of drug-likeness (QED) is 0.755. The number of nitrogens with one attached hydrogen (secondary N) is 1. The van der Waals surface area contributed by atoms with Crippen molar-refractivity contribution in [2.75, 3.05) is 13.1 Å². The zero-order valence-electron chi connectivity index (χ0n) is 8.16. The molecule has 14 heavy (non-hydrogen) atoms. The predicted molar refractivity (Wildman–Crippen MR) is 52.8 cm³/mol. The number of aryl methyl sites for hydroxylation is 1. The first kappa shape index (κ1) is 8.99. The van der Waals surface area contributed by atoms with Gasteiger partial charge in [-0.1, -0.05) is 0 Å². The van der Waals surface area contributed by atoms with Gasteiger partial charge in [0.1, 0.15) is 0 Å². The van der Waals surface area contributed by atoms with E-state index < -0.39 is 0 Å². The molecule has 0 bridgehead atoms. The van der Waals surface area contributed by atoms with Gasteiger partial charge >= 0.3 is 6.03 Å². The normalized spacial score (nSPS) is 15.8. The molecule has 0 radical (unpaired) electrons. The van der Waals surface area contributed by atoms with Crippen LogP contribution < -0.4 is 5.32 Å². The van der Waals surface area contributed by atoms with E-state index in [4.69, 9.17) is 0 Å². The van der Waals surface area contributed by atoms with Crippen LogP contribution in [0.3, 0.4) is 0 Å². The van der Waals surface area contributed by atoms with Crippen LogP contribution in [0, 0.1) is 6.92 Å². The second kappa shape index (κ2) is 3.65. The SMILES string of the molecule is Cc1cnccc1CN1CCNC1=O. The highest BCUT2D eigenvalue weighted by Crippen LogP contribution is 2.10. The summed E-state index contributed by atoms with van der Waals surface area (Å²) >= 11 is 0. The first-order valence-electron chi connectivity index (χ1n) is 4.69. The monoisotopic (exact) mass is 191 g/mol. The summed E-state index contributed by atoms with van der Waals surface area (Å²) in [6, 6.07) is 1.99. The third-order valence-corrected chi connectivity index (χ3v) is 2.44. The Balaban J connectivity index is 2.10. The standard InChI is InChI=1S/C10H13N3O/c1-8-6-11-3-2-9(8)7-13-5-4-12-10(13)14/h2-3,6H,4-5,7H2,1H3,(H,12,14). The Morgan fingerprint density at radius 3 is 3.14 bits per heavy atom. The van der Waals surface area contributed by atoms with E-state index >= 15 is 0 Å². The van der Waals surface area contributed by atoms with Crippen LogP contribution in [0.2, 0.25) is 0 Å². The number of urea groups is 1. The Kier molecular flexibility index (Phi) is 2.35. The molecule has 0 aliphatic carbocycles. The molecule has 1 N–H and O–H groups in total. The molecule has 0 atom stereocenters. The Labute approximate surface area is 82.9 Å². The number of hydrogen-bond acceptors (Lipinski definition) is 2. The van der Waals surface area contributed by atoms with E-state index in [1.807, 2.05) is 24.1 Å². The molecule has 1 aromatic rings. The lowest BCUT2D eigenvalue weighted by atomic mass is 10.1. The third-order valence-electron chi connectivity index (χ3n) is 2.44. The fraction of sp³-hybridized carbons (Fsp3) is 0.400. The Bertz CT molecular complexity index is 351. The van der Waals surface area contributed by atoms with Crippen molar-refractivity contribution < 1.29 is 4.79 Å². The third kappa shape index (κ3) is 1.69. The smallest absolute Gasteiger partial charge is 0.317 e. The van der Waals surface area contributed by atoms with Gasteiger partial charge in [0.25, 0.3) is 0 Å². The highest BCUT2D eigenvalue weighted by molar-refractivity contribution is 5.76. The molecule has 1 fully saturated rings. The van der Waals surface area contributed by atoms with Crippen molar-refractivity contribution in [1.82, 2.24) is 15.2 Å². The van der Waals surface area contributed by atoms with Crippen molar-refractivity contribution in [3.63, 3.8) is 0 Å². The molecule has 4 nitrogen and oxygen atoms in total. The lowest BCUT2D eigenvalue weighted by Gasteiger charge is -2.15.